The van der Waals surface area contributed by atoms with Gasteiger partial charge in [-0.05, 0) is 28.8 Å². The van der Waals surface area contributed by atoms with Gasteiger partial charge in [-0.15, -0.1) is 0 Å². The molecular formula is C22H17NO3. The number of carbonyl (C=O) groups excluding carboxylic acids is 1. The van der Waals surface area contributed by atoms with Crippen LogP contribution >= 0.6 is 0 Å². The maximum absolute atomic E-state index is 11.9. The van der Waals surface area contributed by atoms with E-state index in [1.54, 1.807) is 19.1 Å². The number of hydrogen-bond donors (Lipinski definition) is 1. The van der Waals surface area contributed by atoms with Gasteiger partial charge in [0.15, 0.2) is 0 Å². The molecule has 0 radical (unpaired) electrons. The van der Waals surface area contributed by atoms with Gasteiger partial charge in [0.2, 0.25) is 5.76 Å². The Kier molecular flexibility index (Phi) is 5.00. The van der Waals surface area contributed by atoms with E-state index in [0.717, 1.165) is 21.9 Å². The summed E-state index contributed by atoms with van der Waals surface area (Å²) in [4.78, 5) is 11.9. The third-order valence-corrected chi connectivity index (χ3v) is 4.09. The smallest absolute Gasteiger partial charge is 0.374 e. The first-order chi connectivity index (χ1) is 12.7. The first-order valence-electron chi connectivity index (χ1n) is 8.25. The van der Waals surface area contributed by atoms with Gasteiger partial charge in [-0.2, -0.15) is 5.26 Å². The Morgan fingerprint density at radius 1 is 1.00 bits per heavy atom. The van der Waals surface area contributed by atoms with E-state index in [0.29, 0.717) is 5.56 Å². The number of carbonyl (C=O) groups is 1. The number of benzene rings is 3. The summed E-state index contributed by atoms with van der Waals surface area (Å²) in [7, 11) is 0. The lowest BCUT2D eigenvalue weighted by Crippen LogP contribution is -2.09. The van der Waals surface area contributed by atoms with E-state index in [9.17, 15) is 15.2 Å². The van der Waals surface area contributed by atoms with Gasteiger partial charge in [0, 0.05) is 5.56 Å². The second-order valence-electron chi connectivity index (χ2n) is 5.63. The molecule has 4 heteroatoms. The standard InChI is InChI=1S/C22H17NO3/c1-2-26-22(25)21(24)20(14-23)19-12-6-5-11-18(19)17-13-7-9-15-8-3-4-10-16(15)17/h3-13,24H,2H2,1H3/b21-20-. The molecule has 0 aliphatic rings. The third kappa shape index (κ3) is 3.15. The molecule has 128 valence electrons. The molecule has 1 N–H and O–H groups in total. The molecule has 26 heavy (non-hydrogen) atoms. The van der Waals surface area contributed by atoms with Crippen molar-refractivity contribution in [3.63, 3.8) is 0 Å². The minimum Gasteiger partial charge on any atom is -0.501 e. The molecule has 0 unspecified atom stereocenters. The van der Waals surface area contributed by atoms with Crippen molar-refractivity contribution >= 4 is 22.3 Å². The summed E-state index contributed by atoms with van der Waals surface area (Å²) >= 11 is 0. The molecule has 0 spiro atoms. The van der Waals surface area contributed by atoms with Crippen molar-refractivity contribution in [1.29, 1.82) is 5.26 Å². The Labute approximate surface area is 151 Å². The first-order valence-corrected chi connectivity index (χ1v) is 8.25. The summed E-state index contributed by atoms with van der Waals surface area (Å²) < 4.78 is 4.83. The summed E-state index contributed by atoms with van der Waals surface area (Å²) in [5.74, 6) is -1.58. The molecule has 0 amide bonds. The number of hydrogen-bond acceptors (Lipinski definition) is 4. The van der Waals surface area contributed by atoms with Gasteiger partial charge in [-0.1, -0.05) is 66.7 Å². The Bertz CT molecular complexity index is 1040. The summed E-state index contributed by atoms with van der Waals surface area (Å²) in [6.45, 7) is 1.76. The van der Waals surface area contributed by atoms with E-state index in [-0.39, 0.29) is 12.2 Å². The molecular weight excluding hydrogens is 326 g/mol. The quantitative estimate of drug-likeness (QED) is 0.318. The van der Waals surface area contributed by atoms with Crippen LogP contribution in [0.2, 0.25) is 0 Å². The Morgan fingerprint density at radius 2 is 1.65 bits per heavy atom. The molecule has 0 aliphatic carbocycles. The van der Waals surface area contributed by atoms with Crippen molar-refractivity contribution < 1.29 is 14.6 Å². The molecule has 3 rings (SSSR count). The highest BCUT2D eigenvalue weighted by Crippen LogP contribution is 2.34. The Hall–Kier alpha value is -3.58. The number of aliphatic hydroxyl groups excluding tert-OH is 1. The van der Waals surface area contributed by atoms with Crippen molar-refractivity contribution in [3.05, 3.63) is 78.1 Å². The van der Waals surface area contributed by atoms with Crippen LogP contribution in [0.3, 0.4) is 0 Å². The summed E-state index contributed by atoms with van der Waals surface area (Å²) in [5.41, 5.74) is 2.06. The summed E-state index contributed by atoms with van der Waals surface area (Å²) in [6.07, 6.45) is 0. The number of nitrogens with zero attached hydrogens (tertiary/aromatic N) is 1. The van der Waals surface area contributed by atoms with Crippen LogP contribution in [-0.2, 0) is 9.53 Å². The zero-order valence-electron chi connectivity index (χ0n) is 14.3. The van der Waals surface area contributed by atoms with Crippen molar-refractivity contribution in [2.45, 2.75) is 6.92 Å². The lowest BCUT2D eigenvalue weighted by atomic mass is 9.91. The van der Waals surface area contributed by atoms with Gasteiger partial charge in [0.25, 0.3) is 0 Å². The monoisotopic (exact) mass is 343 g/mol. The van der Waals surface area contributed by atoms with E-state index in [2.05, 4.69) is 0 Å². The van der Waals surface area contributed by atoms with Crippen molar-refractivity contribution in [2.75, 3.05) is 6.61 Å². The zero-order valence-corrected chi connectivity index (χ0v) is 14.3. The van der Waals surface area contributed by atoms with Crippen LogP contribution in [0.5, 0.6) is 0 Å². The molecule has 3 aromatic carbocycles. The van der Waals surface area contributed by atoms with Gasteiger partial charge in [0.05, 0.1) is 6.61 Å². The van der Waals surface area contributed by atoms with Gasteiger partial charge in [-0.25, -0.2) is 4.79 Å². The highest BCUT2D eigenvalue weighted by atomic mass is 16.5. The first kappa shape index (κ1) is 17.2. The molecule has 0 saturated carbocycles. The van der Waals surface area contributed by atoms with Crippen LogP contribution in [0.25, 0.3) is 27.5 Å². The van der Waals surface area contributed by atoms with Gasteiger partial charge < -0.3 is 9.84 Å². The normalized spacial score (nSPS) is 11.5. The van der Waals surface area contributed by atoms with E-state index in [4.69, 9.17) is 4.74 Å². The average molecular weight is 343 g/mol. The number of fused-ring (bicyclic) bond motifs is 1. The van der Waals surface area contributed by atoms with Crippen molar-refractivity contribution in [3.8, 4) is 17.2 Å². The van der Waals surface area contributed by atoms with Gasteiger partial charge >= 0.3 is 5.97 Å². The lowest BCUT2D eigenvalue weighted by molar-refractivity contribution is -0.141. The van der Waals surface area contributed by atoms with Crippen LogP contribution in [-0.4, -0.2) is 17.7 Å². The average Bonchev–Trinajstić information content (AvgIpc) is 2.68. The fraction of sp³-hybridized carbons (Fsp3) is 0.0909. The molecule has 0 fully saturated rings. The minimum atomic E-state index is -0.906. The number of nitriles is 1. The fourth-order valence-electron chi connectivity index (χ4n) is 2.94. The van der Waals surface area contributed by atoms with Crippen LogP contribution in [0.4, 0.5) is 0 Å². The van der Waals surface area contributed by atoms with Gasteiger partial charge in [0.1, 0.15) is 11.6 Å². The van der Waals surface area contributed by atoms with E-state index < -0.39 is 11.7 Å². The van der Waals surface area contributed by atoms with Crippen LogP contribution in [0.1, 0.15) is 12.5 Å². The number of ether oxygens (including phenoxy) is 1. The summed E-state index contributed by atoms with van der Waals surface area (Å²) in [6, 6.07) is 23.0. The fourth-order valence-corrected chi connectivity index (χ4v) is 2.94. The Balaban J connectivity index is 2.25. The molecule has 0 aliphatic heterocycles. The topological polar surface area (TPSA) is 70.3 Å². The maximum Gasteiger partial charge on any atom is 0.374 e. The number of allylic oxidation sites excluding steroid dienone is 1. The molecule has 0 atom stereocenters. The SMILES string of the molecule is CCOC(=O)/C(O)=C(\C#N)c1ccccc1-c1cccc2ccccc12. The van der Waals surface area contributed by atoms with Crippen LogP contribution < -0.4 is 0 Å². The predicted molar refractivity (Wildman–Crippen MR) is 101 cm³/mol. The van der Waals surface area contributed by atoms with Crippen LogP contribution in [0, 0.1) is 11.3 Å². The molecule has 0 saturated heterocycles. The summed E-state index contributed by atoms with van der Waals surface area (Å²) in [5, 5.41) is 21.9. The Morgan fingerprint density at radius 3 is 2.42 bits per heavy atom. The van der Waals surface area contributed by atoms with Crippen molar-refractivity contribution in [1.82, 2.24) is 0 Å². The molecule has 0 aromatic heterocycles. The molecule has 0 bridgehead atoms. The largest absolute Gasteiger partial charge is 0.501 e. The van der Waals surface area contributed by atoms with Crippen molar-refractivity contribution in [2.24, 2.45) is 0 Å². The van der Waals surface area contributed by atoms with E-state index in [1.165, 1.54) is 0 Å². The van der Waals surface area contributed by atoms with E-state index in [1.807, 2.05) is 60.7 Å². The minimum absolute atomic E-state index is 0.105. The number of aliphatic hydroxyl groups is 1. The number of esters is 1. The highest BCUT2D eigenvalue weighted by Gasteiger charge is 2.20. The van der Waals surface area contributed by atoms with Crippen LogP contribution in [0.15, 0.2) is 72.5 Å². The molecule has 0 heterocycles. The van der Waals surface area contributed by atoms with E-state index >= 15 is 0 Å². The van der Waals surface area contributed by atoms with Gasteiger partial charge in [-0.3, -0.25) is 0 Å². The second kappa shape index (κ2) is 7.54. The molecule has 4 nitrogen and oxygen atoms in total. The lowest BCUT2D eigenvalue weighted by Gasteiger charge is -2.12. The third-order valence-electron chi connectivity index (χ3n) is 4.09. The number of rotatable bonds is 4. The molecule has 3 aromatic rings. The second-order valence-corrected chi connectivity index (χ2v) is 5.63. The highest BCUT2D eigenvalue weighted by molar-refractivity contribution is 6.04. The predicted octanol–water partition coefficient (Wildman–Crippen LogP) is 4.86. The maximum atomic E-state index is 11.9. The zero-order chi connectivity index (χ0) is 18.5.